The van der Waals surface area contributed by atoms with Gasteiger partial charge in [0.25, 0.3) is 11.8 Å². The lowest BCUT2D eigenvalue weighted by Crippen LogP contribution is -2.48. The van der Waals surface area contributed by atoms with Gasteiger partial charge in [0.05, 0.1) is 36.0 Å². The lowest BCUT2D eigenvalue weighted by Gasteiger charge is -2.33. The van der Waals surface area contributed by atoms with Gasteiger partial charge < -0.3 is 19.1 Å². The highest BCUT2D eigenvalue weighted by Gasteiger charge is 2.33. The van der Waals surface area contributed by atoms with Crippen LogP contribution in [0.25, 0.3) is 22.2 Å². The van der Waals surface area contributed by atoms with E-state index in [0.717, 1.165) is 20.0 Å². The van der Waals surface area contributed by atoms with Crippen molar-refractivity contribution in [1.29, 1.82) is 0 Å². The summed E-state index contributed by atoms with van der Waals surface area (Å²) in [6.07, 6.45) is 2.44. The number of esters is 2. The number of methoxy groups -OCH3 is 2. The van der Waals surface area contributed by atoms with Crippen LogP contribution in [0.1, 0.15) is 71.9 Å². The zero-order chi connectivity index (χ0) is 41.5. The number of rotatable bonds is 8. The molecule has 1 saturated heterocycles. The van der Waals surface area contributed by atoms with Crippen LogP contribution in [0.2, 0.25) is 5.02 Å². The summed E-state index contributed by atoms with van der Waals surface area (Å²) in [5.74, 6) is 2.41. The molecular formula is C39H39ClN6O10S. The Morgan fingerprint density at radius 3 is 2.35 bits per heavy atom. The van der Waals surface area contributed by atoms with Gasteiger partial charge in [-0.2, -0.15) is 0 Å². The number of likely N-dealkylation sites (tertiary alicyclic amines) is 1. The van der Waals surface area contributed by atoms with E-state index in [1.54, 1.807) is 57.2 Å². The van der Waals surface area contributed by atoms with Gasteiger partial charge >= 0.3 is 18.0 Å². The molecule has 18 heteroatoms. The number of carbonyl (C=O) groups excluding carboxylic acids is 5. The Balaban J connectivity index is 1.41. The van der Waals surface area contributed by atoms with Crippen LogP contribution in [0, 0.1) is 11.8 Å². The van der Waals surface area contributed by atoms with Crippen LogP contribution in [-0.2, 0) is 33.8 Å². The number of amides is 3. The summed E-state index contributed by atoms with van der Waals surface area (Å²) in [5, 5.41) is 0.467. The van der Waals surface area contributed by atoms with E-state index in [0.29, 0.717) is 40.9 Å². The number of aromatic nitrogens is 2. The lowest BCUT2D eigenvalue weighted by molar-refractivity contribution is -0.147. The van der Waals surface area contributed by atoms with Crippen molar-refractivity contribution in [3.63, 3.8) is 0 Å². The van der Waals surface area contributed by atoms with Gasteiger partial charge in [-0.25, -0.2) is 33.4 Å². The summed E-state index contributed by atoms with van der Waals surface area (Å²) in [5.41, 5.74) is 6.09. The van der Waals surface area contributed by atoms with E-state index in [1.165, 1.54) is 36.4 Å². The number of hydrazine groups is 1. The van der Waals surface area contributed by atoms with Gasteiger partial charge in [-0.1, -0.05) is 35.6 Å². The smallest absolute Gasteiger partial charge is 0.426 e. The molecule has 1 aliphatic rings. The van der Waals surface area contributed by atoms with E-state index < -0.39 is 51.4 Å². The van der Waals surface area contributed by atoms with Gasteiger partial charge in [0.15, 0.2) is 5.75 Å². The molecule has 2 aromatic carbocycles. The Labute approximate surface area is 333 Å². The van der Waals surface area contributed by atoms with Crippen molar-refractivity contribution >= 4 is 68.2 Å². The number of nitrogens with zero attached hydrogens (tertiary/aromatic N) is 3. The third-order valence-electron chi connectivity index (χ3n) is 8.39. The Morgan fingerprint density at radius 2 is 1.68 bits per heavy atom. The first kappa shape index (κ1) is 41.9. The maximum atomic E-state index is 13.4. The lowest BCUT2D eigenvalue weighted by atomic mass is 10.0. The topological polar surface area (TPSA) is 212 Å². The molecule has 1 fully saturated rings. The maximum Gasteiger partial charge on any atom is 0.426 e. The summed E-state index contributed by atoms with van der Waals surface area (Å²) >= 11 is 6.54. The van der Waals surface area contributed by atoms with Crippen molar-refractivity contribution in [2.45, 2.75) is 51.7 Å². The summed E-state index contributed by atoms with van der Waals surface area (Å²) in [7, 11) is -1.84. The first-order chi connectivity index (χ1) is 27.0. The molecule has 2 aromatic heterocycles. The molecular weight excluding hydrogens is 780 g/mol. The largest absolute Gasteiger partial charge is 0.468 e. The molecule has 0 bridgehead atoms. The Bertz CT molecular complexity index is 2410. The number of ether oxygens (including phenoxy) is 3. The van der Waals surface area contributed by atoms with E-state index in [9.17, 15) is 32.4 Å². The summed E-state index contributed by atoms with van der Waals surface area (Å²) in [4.78, 5) is 73.1. The minimum absolute atomic E-state index is 0.0315. The molecule has 57 heavy (non-hydrogen) atoms. The highest BCUT2D eigenvalue weighted by atomic mass is 35.5. The maximum absolute atomic E-state index is 13.4. The number of sulfonamides is 1. The quantitative estimate of drug-likeness (QED) is 0.0964. The Morgan fingerprint density at radius 1 is 0.947 bits per heavy atom. The summed E-state index contributed by atoms with van der Waals surface area (Å²) in [6, 6.07) is 13.7. The van der Waals surface area contributed by atoms with Crippen molar-refractivity contribution in [3.8, 4) is 23.1 Å². The fourth-order valence-electron chi connectivity index (χ4n) is 5.74. The van der Waals surface area contributed by atoms with Crippen molar-refractivity contribution in [1.82, 2.24) is 25.7 Å². The Hall–Kier alpha value is -6.25. The molecule has 3 amide bonds. The molecule has 0 aliphatic carbocycles. The molecule has 0 radical (unpaired) electrons. The highest BCUT2D eigenvalue weighted by Crippen LogP contribution is 2.28. The number of hydrogen-bond acceptors (Lipinski definition) is 12. The number of pyridine rings is 2. The normalized spacial score (nSPS) is 14.1. The number of nitrogens with one attached hydrogen (secondary N) is 3. The van der Waals surface area contributed by atoms with Crippen molar-refractivity contribution in [2.75, 3.05) is 31.2 Å². The number of piperidine rings is 1. The average Bonchev–Trinajstić information content (AvgIpc) is 3.17. The molecule has 1 atom stereocenters. The number of hydrogen-bond donors (Lipinski definition) is 3. The van der Waals surface area contributed by atoms with E-state index in [4.69, 9.17) is 21.1 Å². The van der Waals surface area contributed by atoms with Gasteiger partial charge in [-0.05, 0) is 76.4 Å². The van der Waals surface area contributed by atoms with Gasteiger partial charge in [-0.3, -0.25) is 24.5 Å². The average molecular weight is 819 g/mol. The van der Waals surface area contributed by atoms with Crippen molar-refractivity contribution in [2.24, 2.45) is 0 Å². The second-order valence-electron chi connectivity index (χ2n) is 13.7. The van der Waals surface area contributed by atoms with Gasteiger partial charge in [0.1, 0.15) is 17.5 Å². The molecule has 0 unspecified atom stereocenters. The molecule has 4 aromatic rings. The van der Waals surface area contributed by atoms with Gasteiger partial charge in [-0.15, -0.1) is 0 Å². The third-order valence-corrected chi connectivity index (χ3v) is 9.84. The van der Waals surface area contributed by atoms with E-state index in [-0.39, 0.29) is 33.2 Å². The third kappa shape index (κ3) is 11.0. The fourth-order valence-corrected chi connectivity index (χ4v) is 6.89. The van der Waals surface area contributed by atoms with Crippen molar-refractivity contribution < 1.29 is 46.6 Å². The Kier molecular flexibility index (Phi) is 13.0. The second kappa shape index (κ2) is 17.7. The first-order valence-corrected chi connectivity index (χ1v) is 19.5. The standard InChI is InChI=1S/C39H39ClN6O10S/c1-39(2,3)56-38(51)44-43-35(48)27-19-30(42-31-20-33(41-21-28(27)31)45-57(52,53)22-34(47)54-4)25-13-10-23(11-14-25)9-12-24-15-16-26(18-29(24)40)36(49)46-17-7-6-8-32(46)37(50)55-5/h10-11,13-16,18-21,32H,6-8,17,22H2,1-5H3,(H,41,45)(H,43,48)(H,44,51)/t32-/m0/s1. The molecule has 0 spiro atoms. The van der Waals surface area contributed by atoms with Crippen LogP contribution in [0.3, 0.4) is 0 Å². The zero-order valence-corrected chi connectivity index (χ0v) is 33.2. The molecule has 5 rings (SSSR count). The van der Waals surface area contributed by atoms with Gasteiger partial charge in [0.2, 0.25) is 10.0 Å². The van der Waals surface area contributed by atoms with Crippen LogP contribution < -0.4 is 15.6 Å². The van der Waals surface area contributed by atoms with Crippen LogP contribution in [-0.4, -0.2) is 91.3 Å². The number of carbonyl (C=O) groups is 5. The van der Waals surface area contributed by atoms with Crippen LogP contribution in [0.5, 0.6) is 0 Å². The highest BCUT2D eigenvalue weighted by molar-refractivity contribution is 7.93. The minimum Gasteiger partial charge on any atom is -0.468 e. The first-order valence-electron chi connectivity index (χ1n) is 17.4. The molecule has 298 valence electrons. The van der Waals surface area contributed by atoms with Crippen LogP contribution >= 0.6 is 11.6 Å². The number of halogens is 1. The predicted molar refractivity (Wildman–Crippen MR) is 209 cm³/mol. The summed E-state index contributed by atoms with van der Waals surface area (Å²) in [6.45, 7) is 5.41. The molecule has 1 aliphatic heterocycles. The zero-order valence-electron chi connectivity index (χ0n) is 31.6. The number of anilines is 1. The fraction of sp³-hybridized carbons (Fsp3) is 0.308. The summed E-state index contributed by atoms with van der Waals surface area (Å²) < 4.78 is 41.8. The number of benzene rings is 2. The van der Waals surface area contributed by atoms with E-state index in [1.807, 2.05) is 0 Å². The molecule has 0 saturated carbocycles. The predicted octanol–water partition coefficient (Wildman–Crippen LogP) is 4.60. The molecule has 3 heterocycles. The second-order valence-corrected chi connectivity index (χ2v) is 15.8. The molecule has 16 nitrogen and oxygen atoms in total. The molecule has 3 N–H and O–H groups in total. The van der Waals surface area contributed by atoms with Crippen LogP contribution in [0.4, 0.5) is 10.6 Å². The SMILES string of the molecule is COC(=O)CS(=O)(=O)Nc1cc2nc(-c3ccc(C#Cc4ccc(C(=O)N5CCCC[C@H]5C(=O)OC)cc4Cl)cc3)cc(C(=O)NNC(=O)OC(C)(C)C)c2cn1. The monoisotopic (exact) mass is 818 g/mol. The number of fused-ring (bicyclic) bond motifs is 1. The van der Waals surface area contributed by atoms with E-state index >= 15 is 0 Å². The minimum atomic E-state index is -4.20. The van der Waals surface area contributed by atoms with Crippen molar-refractivity contribution in [3.05, 3.63) is 88.1 Å². The van der Waals surface area contributed by atoms with Crippen LogP contribution in [0.15, 0.2) is 60.8 Å². The van der Waals surface area contributed by atoms with E-state index in [2.05, 4.69) is 42.1 Å². The van der Waals surface area contributed by atoms with Gasteiger partial charge in [0, 0.05) is 46.4 Å².